The number of carbonyl (C=O) groups excluding carboxylic acids is 3. The van der Waals surface area contributed by atoms with Crippen LogP contribution in [0.3, 0.4) is 0 Å². The predicted octanol–water partition coefficient (Wildman–Crippen LogP) is 2.54. The van der Waals surface area contributed by atoms with Crippen LogP contribution in [-0.2, 0) is 25.7 Å². The summed E-state index contributed by atoms with van der Waals surface area (Å²) in [6, 6.07) is 8.16. The van der Waals surface area contributed by atoms with E-state index in [0.717, 1.165) is 24.8 Å². The maximum Gasteiger partial charge on any atom is 0.408 e. The molecule has 1 rings (SSSR count). The average Bonchev–Trinajstić information content (AvgIpc) is 2.64. The van der Waals surface area contributed by atoms with Crippen molar-refractivity contribution in [2.24, 2.45) is 0 Å². The van der Waals surface area contributed by atoms with Crippen LogP contribution in [0.4, 0.5) is 4.79 Å². The fourth-order valence-electron chi connectivity index (χ4n) is 2.21. The van der Waals surface area contributed by atoms with Crippen LogP contribution in [0, 0.1) is 0 Å². The van der Waals surface area contributed by atoms with Crippen molar-refractivity contribution in [2.45, 2.75) is 52.2 Å². The lowest BCUT2D eigenvalue weighted by Crippen LogP contribution is -2.48. The SMILES string of the molecule is CCCCCNC(=O)[C@@H](CC(=O)OCC)NC(=O)OCc1ccccc1. The van der Waals surface area contributed by atoms with Crippen molar-refractivity contribution in [1.29, 1.82) is 0 Å². The van der Waals surface area contributed by atoms with E-state index in [-0.39, 0.29) is 19.6 Å². The number of hydrogen-bond acceptors (Lipinski definition) is 5. The van der Waals surface area contributed by atoms with Crippen LogP contribution in [0.25, 0.3) is 0 Å². The average molecular weight is 364 g/mol. The molecule has 26 heavy (non-hydrogen) atoms. The van der Waals surface area contributed by atoms with Gasteiger partial charge in [-0.3, -0.25) is 9.59 Å². The summed E-state index contributed by atoms with van der Waals surface area (Å²) in [5.74, 6) is -0.976. The highest BCUT2D eigenvalue weighted by molar-refractivity contribution is 5.89. The number of hydrogen-bond donors (Lipinski definition) is 2. The van der Waals surface area contributed by atoms with Gasteiger partial charge in [0.1, 0.15) is 12.6 Å². The third-order valence-electron chi connectivity index (χ3n) is 3.58. The fraction of sp³-hybridized carbons (Fsp3) is 0.526. The highest BCUT2D eigenvalue weighted by Crippen LogP contribution is 2.02. The molecule has 0 fully saturated rings. The Bertz CT molecular complexity index is 562. The molecule has 7 heteroatoms. The van der Waals surface area contributed by atoms with Gasteiger partial charge in [0.2, 0.25) is 5.91 Å². The lowest BCUT2D eigenvalue weighted by molar-refractivity contribution is -0.145. The first-order chi connectivity index (χ1) is 12.6. The molecule has 144 valence electrons. The molecule has 1 atom stereocenters. The van der Waals surface area contributed by atoms with Crippen molar-refractivity contribution in [1.82, 2.24) is 10.6 Å². The number of rotatable bonds is 11. The number of carbonyl (C=O) groups is 3. The van der Waals surface area contributed by atoms with Crippen molar-refractivity contribution >= 4 is 18.0 Å². The van der Waals surface area contributed by atoms with E-state index in [1.807, 2.05) is 30.3 Å². The predicted molar refractivity (Wildman–Crippen MR) is 97.3 cm³/mol. The first-order valence-corrected chi connectivity index (χ1v) is 8.97. The number of unbranched alkanes of at least 4 members (excludes halogenated alkanes) is 2. The minimum Gasteiger partial charge on any atom is -0.466 e. The van der Waals surface area contributed by atoms with Crippen LogP contribution in [-0.4, -0.2) is 37.2 Å². The third kappa shape index (κ3) is 9.05. The van der Waals surface area contributed by atoms with Gasteiger partial charge in [-0.25, -0.2) is 4.79 Å². The van der Waals surface area contributed by atoms with Crippen LogP contribution in [0.1, 0.15) is 45.1 Å². The number of benzene rings is 1. The van der Waals surface area contributed by atoms with E-state index in [1.165, 1.54) is 0 Å². The van der Waals surface area contributed by atoms with Gasteiger partial charge in [0.05, 0.1) is 13.0 Å². The van der Waals surface area contributed by atoms with Crippen molar-refractivity contribution in [3.63, 3.8) is 0 Å². The zero-order valence-electron chi connectivity index (χ0n) is 15.5. The number of amides is 2. The molecule has 0 aliphatic rings. The zero-order chi connectivity index (χ0) is 19.2. The van der Waals surface area contributed by atoms with Gasteiger partial charge in [0.15, 0.2) is 0 Å². The molecule has 0 saturated heterocycles. The van der Waals surface area contributed by atoms with Gasteiger partial charge in [-0.1, -0.05) is 50.1 Å². The van der Waals surface area contributed by atoms with Crippen molar-refractivity contribution in [3.05, 3.63) is 35.9 Å². The van der Waals surface area contributed by atoms with Crippen LogP contribution >= 0.6 is 0 Å². The van der Waals surface area contributed by atoms with Gasteiger partial charge in [-0.05, 0) is 18.9 Å². The Morgan fingerprint density at radius 3 is 2.42 bits per heavy atom. The fourth-order valence-corrected chi connectivity index (χ4v) is 2.21. The maximum atomic E-state index is 12.3. The summed E-state index contributed by atoms with van der Waals surface area (Å²) >= 11 is 0. The highest BCUT2D eigenvalue weighted by atomic mass is 16.5. The van der Waals surface area contributed by atoms with Gasteiger partial charge >= 0.3 is 12.1 Å². The molecule has 0 aromatic heterocycles. The smallest absolute Gasteiger partial charge is 0.408 e. The van der Waals surface area contributed by atoms with E-state index in [9.17, 15) is 14.4 Å². The van der Waals surface area contributed by atoms with E-state index >= 15 is 0 Å². The topological polar surface area (TPSA) is 93.7 Å². The molecule has 1 aromatic rings. The van der Waals surface area contributed by atoms with Gasteiger partial charge in [-0.2, -0.15) is 0 Å². The number of alkyl carbamates (subject to hydrolysis) is 1. The van der Waals surface area contributed by atoms with E-state index in [2.05, 4.69) is 17.6 Å². The van der Waals surface area contributed by atoms with Crippen molar-refractivity contribution in [2.75, 3.05) is 13.2 Å². The molecule has 0 aliphatic carbocycles. The molecule has 2 N–H and O–H groups in total. The summed E-state index contributed by atoms with van der Waals surface area (Å²) in [4.78, 5) is 35.9. The number of nitrogens with one attached hydrogen (secondary N) is 2. The monoisotopic (exact) mass is 364 g/mol. The second kappa shape index (κ2) is 12.7. The standard InChI is InChI=1S/C19H28N2O5/c1-3-5-9-12-20-18(23)16(13-17(22)25-4-2)21-19(24)26-14-15-10-7-6-8-11-15/h6-8,10-11,16H,3-5,9,12-14H2,1-2H3,(H,20,23)(H,21,24)/t16-/m1/s1. The van der Waals surface area contributed by atoms with Gasteiger partial charge in [-0.15, -0.1) is 0 Å². The summed E-state index contributed by atoms with van der Waals surface area (Å²) in [7, 11) is 0. The molecule has 0 saturated carbocycles. The molecule has 7 nitrogen and oxygen atoms in total. The Labute approximate surface area is 154 Å². The van der Waals surface area contributed by atoms with Crippen molar-refractivity contribution in [3.8, 4) is 0 Å². The van der Waals surface area contributed by atoms with E-state index < -0.39 is 24.0 Å². The van der Waals surface area contributed by atoms with Crippen LogP contribution < -0.4 is 10.6 Å². The Kier molecular flexibility index (Phi) is 10.5. The van der Waals surface area contributed by atoms with Crippen LogP contribution in [0.5, 0.6) is 0 Å². The minimum atomic E-state index is -1.03. The second-order valence-corrected chi connectivity index (χ2v) is 5.77. The Balaban J connectivity index is 2.54. The quantitative estimate of drug-likeness (QED) is 0.465. The summed E-state index contributed by atoms with van der Waals surface area (Å²) in [6.07, 6.45) is 1.87. The lowest BCUT2D eigenvalue weighted by atomic mass is 10.2. The lowest BCUT2D eigenvalue weighted by Gasteiger charge is -2.17. The number of ether oxygens (including phenoxy) is 2. The second-order valence-electron chi connectivity index (χ2n) is 5.77. The molecule has 2 amide bonds. The molecular weight excluding hydrogens is 336 g/mol. The molecule has 0 bridgehead atoms. The van der Waals surface area contributed by atoms with E-state index in [1.54, 1.807) is 6.92 Å². The molecule has 0 heterocycles. The van der Waals surface area contributed by atoms with E-state index in [4.69, 9.17) is 9.47 Å². The van der Waals surface area contributed by atoms with Crippen molar-refractivity contribution < 1.29 is 23.9 Å². The molecule has 0 unspecified atom stereocenters. The van der Waals surface area contributed by atoms with Gasteiger partial charge in [0, 0.05) is 6.54 Å². The summed E-state index contributed by atoms with van der Waals surface area (Å²) < 4.78 is 9.98. The van der Waals surface area contributed by atoms with Gasteiger partial charge in [0.25, 0.3) is 0 Å². The maximum absolute atomic E-state index is 12.3. The molecule has 0 aliphatic heterocycles. The van der Waals surface area contributed by atoms with Crippen LogP contribution in [0.15, 0.2) is 30.3 Å². The summed E-state index contributed by atoms with van der Waals surface area (Å²) in [5, 5.41) is 5.17. The number of esters is 1. The Morgan fingerprint density at radius 2 is 1.77 bits per heavy atom. The Morgan fingerprint density at radius 1 is 1.04 bits per heavy atom. The van der Waals surface area contributed by atoms with Crippen LogP contribution in [0.2, 0.25) is 0 Å². The Hall–Kier alpha value is -2.57. The first kappa shape index (κ1) is 21.5. The van der Waals surface area contributed by atoms with Gasteiger partial charge < -0.3 is 20.1 Å². The molecular formula is C19H28N2O5. The third-order valence-corrected chi connectivity index (χ3v) is 3.58. The molecule has 0 radical (unpaired) electrons. The first-order valence-electron chi connectivity index (χ1n) is 8.97. The normalized spacial score (nSPS) is 11.3. The highest BCUT2D eigenvalue weighted by Gasteiger charge is 2.25. The summed E-state index contributed by atoms with van der Waals surface area (Å²) in [5.41, 5.74) is 0.827. The van der Waals surface area contributed by atoms with E-state index in [0.29, 0.717) is 6.54 Å². The largest absolute Gasteiger partial charge is 0.466 e. The zero-order valence-corrected chi connectivity index (χ0v) is 15.5. The molecule has 0 spiro atoms. The summed E-state index contributed by atoms with van der Waals surface area (Å²) in [6.45, 7) is 4.53. The molecule has 1 aromatic carbocycles. The minimum absolute atomic E-state index is 0.0803.